The van der Waals surface area contributed by atoms with Crippen LogP contribution in [0.15, 0.2) is 0 Å². The van der Waals surface area contributed by atoms with Gasteiger partial charge in [-0.05, 0) is 6.92 Å². The zero-order valence-electron chi connectivity index (χ0n) is 10.0. The lowest BCUT2D eigenvalue weighted by Crippen LogP contribution is -2.52. The summed E-state index contributed by atoms with van der Waals surface area (Å²) in [6.45, 7) is 4.24. The third kappa shape index (κ3) is 4.37. The first-order valence-corrected chi connectivity index (χ1v) is 5.22. The minimum absolute atomic E-state index is 0. The maximum Gasteiger partial charge on any atom is 0.232 e. The Balaban J connectivity index is 0.00000225. The van der Waals surface area contributed by atoms with Gasteiger partial charge in [0, 0.05) is 39.8 Å². The van der Waals surface area contributed by atoms with Crippen LogP contribution in [0.1, 0.15) is 13.3 Å². The second kappa shape index (κ2) is 6.70. The van der Waals surface area contributed by atoms with E-state index < -0.39 is 0 Å². The van der Waals surface area contributed by atoms with Gasteiger partial charge in [-0.2, -0.15) is 0 Å². The molecule has 16 heavy (non-hydrogen) atoms. The number of halogens is 1. The molecule has 1 N–H and O–H groups in total. The van der Waals surface area contributed by atoms with Crippen molar-refractivity contribution in [1.29, 1.82) is 0 Å². The minimum atomic E-state index is -0.133. The maximum absolute atomic E-state index is 11.7. The second-order valence-electron chi connectivity index (χ2n) is 4.16. The summed E-state index contributed by atoms with van der Waals surface area (Å²) < 4.78 is 0. The largest absolute Gasteiger partial charge is 0.348 e. The van der Waals surface area contributed by atoms with Gasteiger partial charge in [-0.3, -0.25) is 9.59 Å². The molecule has 1 saturated heterocycles. The molecule has 0 aromatic carbocycles. The summed E-state index contributed by atoms with van der Waals surface area (Å²) in [6, 6.07) is 0.317. The number of amides is 2. The van der Waals surface area contributed by atoms with Crippen LogP contribution in [0.5, 0.6) is 0 Å². The Morgan fingerprint density at radius 3 is 2.56 bits per heavy atom. The highest BCUT2D eigenvalue weighted by Crippen LogP contribution is 2.02. The van der Waals surface area contributed by atoms with Gasteiger partial charge >= 0.3 is 0 Å². The monoisotopic (exact) mass is 249 g/mol. The fourth-order valence-corrected chi connectivity index (χ4v) is 1.56. The van der Waals surface area contributed by atoms with E-state index in [1.165, 1.54) is 4.90 Å². The predicted molar refractivity (Wildman–Crippen MR) is 64.6 cm³/mol. The molecule has 0 aliphatic carbocycles. The number of hydrogen-bond acceptors (Lipinski definition) is 3. The lowest BCUT2D eigenvalue weighted by Gasteiger charge is -2.32. The van der Waals surface area contributed by atoms with Crippen molar-refractivity contribution < 1.29 is 9.59 Å². The van der Waals surface area contributed by atoms with Crippen LogP contribution in [0.3, 0.4) is 0 Å². The lowest BCUT2D eigenvalue weighted by molar-refractivity contribution is -0.140. The van der Waals surface area contributed by atoms with Gasteiger partial charge in [-0.25, -0.2) is 0 Å². The van der Waals surface area contributed by atoms with Gasteiger partial charge in [-0.15, -0.1) is 12.4 Å². The van der Waals surface area contributed by atoms with E-state index in [1.807, 2.05) is 6.92 Å². The highest BCUT2D eigenvalue weighted by molar-refractivity contribution is 5.96. The van der Waals surface area contributed by atoms with Gasteiger partial charge in [0.2, 0.25) is 11.8 Å². The van der Waals surface area contributed by atoms with Crippen LogP contribution in [-0.4, -0.2) is 61.4 Å². The molecule has 1 aliphatic heterocycles. The first-order valence-electron chi connectivity index (χ1n) is 5.22. The second-order valence-corrected chi connectivity index (χ2v) is 4.16. The number of carbonyl (C=O) groups excluding carboxylic acids is 2. The molecule has 1 atom stereocenters. The van der Waals surface area contributed by atoms with Gasteiger partial charge in [-0.1, -0.05) is 0 Å². The molecule has 1 rings (SSSR count). The molecule has 94 valence electrons. The number of rotatable bonds is 2. The van der Waals surface area contributed by atoms with Crippen LogP contribution < -0.4 is 5.32 Å². The van der Waals surface area contributed by atoms with Crippen molar-refractivity contribution in [1.82, 2.24) is 15.1 Å². The molecule has 2 amide bonds. The molecule has 1 heterocycles. The first-order chi connectivity index (χ1) is 7.00. The van der Waals surface area contributed by atoms with Crippen LogP contribution in [0.25, 0.3) is 0 Å². The summed E-state index contributed by atoms with van der Waals surface area (Å²) >= 11 is 0. The van der Waals surface area contributed by atoms with E-state index in [-0.39, 0.29) is 30.6 Å². The molecule has 0 spiro atoms. The normalized spacial score (nSPS) is 19.9. The van der Waals surface area contributed by atoms with Gasteiger partial charge in [0.15, 0.2) is 0 Å². The van der Waals surface area contributed by atoms with Gasteiger partial charge in [0.05, 0.1) is 0 Å². The highest BCUT2D eigenvalue weighted by atomic mass is 35.5. The van der Waals surface area contributed by atoms with E-state index in [1.54, 1.807) is 19.0 Å². The Bertz CT molecular complexity index is 258. The summed E-state index contributed by atoms with van der Waals surface area (Å²) in [5, 5.41) is 3.25. The van der Waals surface area contributed by atoms with E-state index in [2.05, 4.69) is 5.32 Å². The molecule has 1 fully saturated rings. The smallest absolute Gasteiger partial charge is 0.232 e. The Labute approximate surface area is 103 Å². The van der Waals surface area contributed by atoms with Gasteiger partial charge in [0.25, 0.3) is 0 Å². The van der Waals surface area contributed by atoms with Crippen LogP contribution >= 0.6 is 12.4 Å². The van der Waals surface area contributed by atoms with Crippen molar-refractivity contribution in [3.8, 4) is 0 Å². The molecule has 0 saturated carbocycles. The van der Waals surface area contributed by atoms with E-state index in [4.69, 9.17) is 0 Å². The maximum atomic E-state index is 11.7. The standard InChI is InChI=1S/C10H19N3O2.ClH/c1-8-7-13(5-4-11-8)10(15)6-9(14)12(2)3;/h8,11H,4-7H2,1-3H3;1H/t8-;/m1./s1. The molecular formula is C10H20ClN3O2. The summed E-state index contributed by atoms with van der Waals surface area (Å²) in [4.78, 5) is 26.2. The zero-order valence-corrected chi connectivity index (χ0v) is 10.8. The topological polar surface area (TPSA) is 52.7 Å². The number of nitrogens with one attached hydrogen (secondary N) is 1. The number of carbonyl (C=O) groups is 2. The fraction of sp³-hybridized carbons (Fsp3) is 0.800. The summed E-state index contributed by atoms with van der Waals surface area (Å²) in [5.74, 6) is -0.201. The summed E-state index contributed by atoms with van der Waals surface area (Å²) in [5.41, 5.74) is 0. The summed E-state index contributed by atoms with van der Waals surface area (Å²) in [6.07, 6.45) is -0.0142. The van der Waals surface area contributed by atoms with E-state index in [0.717, 1.165) is 6.54 Å². The molecule has 5 nitrogen and oxygen atoms in total. The third-order valence-corrected chi connectivity index (χ3v) is 2.52. The number of nitrogens with zero attached hydrogens (tertiary/aromatic N) is 2. The minimum Gasteiger partial charge on any atom is -0.348 e. The van der Waals surface area contributed by atoms with Crippen molar-refractivity contribution in [3.63, 3.8) is 0 Å². The molecule has 0 unspecified atom stereocenters. The van der Waals surface area contributed by atoms with Crippen LogP contribution in [-0.2, 0) is 9.59 Å². The van der Waals surface area contributed by atoms with Crippen molar-refractivity contribution >= 4 is 24.2 Å². The number of hydrogen-bond donors (Lipinski definition) is 1. The van der Waals surface area contributed by atoms with Gasteiger partial charge < -0.3 is 15.1 Å². The van der Waals surface area contributed by atoms with Crippen molar-refractivity contribution in [2.45, 2.75) is 19.4 Å². The predicted octanol–water partition coefficient (Wildman–Crippen LogP) is -0.293. The third-order valence-electron chi connectivity index (χ3n) is 2.52. The quantitative estimate of drug-likeness (QED) is 0.685. The average molecular weight is 250 g/mol. The van der Waals surface area contributed by atoms with Crippen molar-refractivity contribution in [2.75, 3.05) is 33.7 Å². The SMILES string of the molecule is C[C@@H]1CN(C(=O)CC(=O)N(C)C)CCN1.Cl. The summed E-state index contributed by atoms with van der Waals surface area (Å²) in [7, 11) is 3.33. The Morgan fingerprint density at radius 2 is 2.06 bits per heavy atom. The van der Waals surface area contributed by atoms with Crippen molar-refractivity contribution in [2.24, 2.45) is 0 Å². The van der Waals surface area contributed by atoms with E-state index >= 15 is 0 Å². The van der Waals surface area contributed by atoms with Crippen LogP contribution in [0.4, 0.5) is 0 Å². The average Bonchev–Trinajstić information content (AvgIpc) is 2.17. The molecule has 0 radical (unpaired) electrons. The van der Waals surface area contributed by atoms with Crippen LogP contribution in [0, 0.1) is 0 Å². The number of piperazine rings is 1. The molecule has 0 aromatic rings. The Morgan fingerprint density at radius 1 is 1.44 bits per heavy atom. The molecule has 0 bridgehead atoms. The Kier molecular flexibility index (Phi) is 6.36. The zero-order chi connectivity index (χ0) is 11.4. The van der Waals surface area contributed by atoms with Crippen molar-refractivity contribution in [3.05, 3.63) is 0 Å². The first kappa shape index (κ1) is 15.2. The molecule has 1 aliphatic rings. The molecule has 0 aromatic heterocycles. The molecule has 6 heteroatoms. The highest BCUT2D eigenvalue weighted by Gasteiger charge is 2.22. The van der Waals surface area contributed by atoms with E-state index in [9.17, 15) is 9.59 Å². The van der Waals surface area contributed by atoms with Gasteiger partial charge in [0.1, 0.15) is 6.42 Å². The molecular weight excluding hydrogens is 230 g/mol. The fourth-order valence-electron chi connectivity index (χ4n) is 1.56. The Hall–Kier alpha value is -0.810. The lowest BCUT2D eigenvalue weighted by atomic mass is 10.2. The van der Waals surface area contributed by atoms with Crippen LogP contribution in [0.2, 0.25) is 0 Å². The van der Waals surface area contributed by atoms with E-state index in [0.29, 0.717) is 19.1 Å².